The maximum absolute atomic E-state index is 11.5. The molecule has 0 aliphatic rings. The second-order valence-corrected chi connectivity index (χ2v) is 6.03. The second-order valence-electron chi connectivity index (χ2n) is 6.03. The number of rotatable bonds is 8. The molecule has 0 radical (unpaired) electrons. The van der Waals surface area contributed by atoms with E-state index in [4.69, 9.17) is 4.74 Å². The van der Waals surface area contributed by atoms with Crippen LogP contribution in [0.3, 0.4) is 0 Å². The number of aryl methyl sites for hydroxylation is 1. The third-order valence-corrected chi connectivity index (χ3v) is 2.82. The highest BCUT2D eigenvalue weighted by Gasteiger charge is 2.15. The molecule has 1 rings (SSSR count). The van der Waals surface area contributed by atoms with Gasteiger partial charge in [-0.1, -0.05) is 30.3 Å². The van der Waals surface area contributed by atoms with Crippen LogP contribution in [0.25, 0.3) is 0 Å². The standard InChI is InChI=1S/C17H27NO2/c1-17(2,3)20-16(19)12-8-14-18-13-7-11-15-9-5-4-6-10-15/h4-6,9-10,18H,7-8,11-14H2,1-3H3. The minimum Gasteiger partial charge on any atom is -0.460 e. The van der Waals surface area contributed by atoms with Gasteiger partial charge in [0.25, 0.3) is 0 Å². The van der Waals surface area contributed by atoms with Crippen molar-refractivity contribution in [1.82, 2.24) is 5.32 Å². The van der Waals surface area contributed by atoms with E-state index in [1.165, 1.54) is 5.56 Å². The minimum atomic E-state index is -0.375. The van der Waals surface area contributed by atoms with E-state index in [2.05, 4.69) is 29.6 Å². The molecule has 0 aromatic heterocycles. The predicted octanol–water partition coefficient (Wildman–Crippen LogP) is 3.33. The number of esters is 1. The zero-order valence-electron chi connectivity index (χ0n) is 12.9. The Kier molecular flexibility index (Phi) is 7.31. The zero-order chi connectivity index (χ0) is 14.8. The normalized spacial score (nSPS) is 11.3. The van der Waals surface area contributed by atoms with Gasteiger partial charge in [-0.2, -0.15) is 0 Å². The molecule has 20 heavy (non-hydrogen) atoms. The maximum Gasteiger partial charge on any atom is 0.306 e. The van der Waals surface area contributed by atoms with Gasteiger partial charge in [-0.05, 0) is 58.7 Å². The van der Waals surface area contributed by atoms with Gasteiger partial charge >= 0.3 is 5.97 Å². The van der Waals surface area contributed by atoms with Crippen LogP contribution in [0.2, 0.25) is 0 Å². The van der Waals surface area contributed by atoms with Crippen molar-refractivity contribution >= 4 is 5.97 Å². The van der Waals surface area contributed by atoms with Crippen LogP contribution in [0.15, 0.2) is 30.3 Å². The average molecular weight is 277 g/mol. The summed E-state index contributed by atoms with van der Waals surface area (Å²) in [5.74, 6) is -0.108. The smallest absolute Gasteiger partial charge is 0.306 e. The highest BCUT2D eigenvalue weighted by atomic mass is 16.6. The Bertz CT molecular complexity index is 382. The first kappa shape index (κ1) is 16.7. The van der Waals surface area contributed by atoms with E-state index >= 15 is 0 Å². The molecule has 3 heteroatoms. The summed E-state index contributed by atoms with van der Waals surface area (Å²) < 4.78 is 5.26. The van der Waals surface area contributed by atoms with Crippen LogP contribution in [0.4, 0.5) is 0 Å². The topological polar surface area (TPSA) is 38.3 Å². The fourth-order valence-electron chi connectivity index (χ4n) is 1.94. The molecule has 112 valence electrons. The highest BCUT2D eigenvalue weighted by molar-refractivity contribution is 5.69. The Morgan fingerprint density at radius 1 is 1.10 bits per heavy atom. The summed E-state index contributed by atoms with van der Waals surface area (Å²) in [5, 5.41) is 3.37. The van der Waals surface area contributed by atoms with Crippen LogP contribution in [-0.2, 0) is 16.0 Å². The lowest BCUT2D eigenvalue weighted by molar-refractivity contribution is -0.154. The molecular formula is C17H27NO2. The fourth-order valence-corrected chi connectivity index (χ4v) is 1.94. The molecule has 0 aliphatic heterocycles. The van der Waals surface area contributed by atoms with Gasteiger partial charge in [0.2, 0.25) is 0 Å². The Balaban J connectivity index is 1.96. The molecule has 0 heterocycles. The summed E-state index contributed by atoms with van der Waals surface area (Å²) in [4.78, 5) is 11.5. The average Bonchev–Trinajstić information content (AvgIpc) is 2.37. The zero-order valence-corrected chi connectivity index (χ0v) is 12.9. The highest BCUT2D eigenvalue weighted by Crippen LogP contribution is 2.08. The van der Waals surface area contributed by atoms with Gasteiger partial charge in [-0.25, -0.2) is 0 Å². The third kappa shape index (κ3) is 8.70. The summed E-state index contributed by atoms with van der Waals surface area (Å²) in [6.07, 6.45) is 3.54. The van der Waals surface area contributed by atoms with E-state index in [1.54, 1.807) is 0 Å². The minimum absolute atomic E-state index is 0.108. The van der Waals surface area contributed by atoms with Crippen molar-refractivity contribution in [3.05, 3.63) is 35.9 Å². The SMILES string of the molecule is CC(C)(C)OC(=O)CCCNCCCc1ccccc1. The number of carbonyl (C=O) groups is 1. The molecule has 0 saturated heterocycles. The Morgan fingerprint density at radius 2 is 1.75 bits per heavy atom. The molecule has 0 unspecified atom stereocenters. The summed E-state index contributed by atoms with van der Waals surface area (Å²) in [6, 6.07) is 10.5. The molecule has 0 fully saturated rings. The first-order valence-corrected chi connectivity index (χ1v) is 7.44. The molecule has 0 aliphatic carbocycles. The summed E-state index contributed by atoms with van der Waals surface area (Å²) in [6.45, 7) is 7.55. The molecule has 0 atom stereocenters. The van der Waals surface area contributed by atoms with Gasteiger partial charge in [0.05, 0.1) is 0 Å². The largest absolute Gasteiger partial charge is 0.460 e. The summed E-state index contributed by atoms with van der Waals surface area (Å²) in [7, 11) is 0. The fraction of sp³-hybridized carbons (Fsp3) is 0.588. The van der Waals surface area contributed by atoms with Crippen molar-refractivity contribution in [3.63, 3.8) is 0 Å². The van der Waals surface area contributed by atoms with Crippen LogP contribution >= 0.6 is 0 Å². The first-order valence-electron chi connectivity index (χ1n) is 7.44. The van der Waals surface area contributed by atoms with Gasteiger partial charge in [0.15, 0.2) is 0 Å². The predicted molar refractivity (Wildman–Crippen MR) is 82.7 cm³/mol. The van der Waals surface area contributed by atoms with Gasteiger partial charge < -0.3 is 10.1 Å². The van der Waals surface area contributed by atoms with Crippen molar-refractivity contribution in [2.45, 2.75) is 52.1 Å². The van der Waals surface area contributed by atoms with E-state index in [0.717, 1.165) is 32.4 Å². The van der Waals surface area contributed by atoms with E-state index in [-0.39, 0.29) is 11.6 Å². The van der Waals surface area contributed by atoms with Crippen LogP contribution in [0, 0.1) is 0 Å². The number of ether oxygens (including phenoxy) is 1. The first-order chi connectivity index (χ1) is 9.47. The van der Waals surface area contributed by atoms with Crippen LogP contribution in [0.1, 0.15) is 45.6 Å². The van der Waals surface area contributed by atoms with Crippen molar-refractivity contribution in [2.75, 3.05) is 13.1 Å². The van der Waals surface area contributed by atoms with Gasteiger partial charge in [-0.15, -0.1) is 0 Å². The lowest BCUT2D eigenvalue weighted by atomic mass is 10.1. The van der Waals surface area contributed by atoms with Crippen LogP contribution < -0.4 is 5.32 Å². The lowest BCUT2D eigenvalue weighted by Gasteiger charge is -2.19. The third-order valence-electron chi connectivity index (χ3n) is 2.82. The molecule has 0 amide bonds. The monoisotopic (exact) mass is 277 g/mol. The van der Waals surface area contributed by atoms with E-state index in [9.17, 15) is 4.79 Å². The molecule has 1 aromatic carbocycles. The molecule has 1 N–H and O–H groups in total. The number of carbonyl (C=O) groups excluding carboxylic acids is 1. The van der Waals surface area contributed by atoms with Gasteiger partial charge in [0.1, 0.15) is 5.60 Å². The van der Waals surface area contributed by atoms with E-state index < -0.39 is 0 Å². The van der Waals surface area contributed by atoms with Crippen molar-refractivity contribution in [1.29, 1.82) is 0 Å². The Hall–Kier alpha value is -1.35. The van der Waals surface area contributed by atoms with Crippen LogP contribution in [0.5, 0.6) is 0 Å². The van der Waals surface area contributed by atoms with Gasteiger partial charge in [-0.3, -0.25) is 4.79 Å². The maximum atomic E-state index is 11.5. The van der Waals surface area contributed by atoms with Crippen LogP contribution in [-0.4, -0.2) is 24.7 Å². The Morgan fingerprint density at radius 3 is 2.40 bits per heavy atom. The summed E-state index contributed by atoms with van der Waals surface area (Å²) in [5.41, 5.74) is 1.00. The van der Waals surface area contributed by atoms with Crippen molar-refractivity contribution in [2.24, 2.45) is 0 Å². The molecule has 3 nitrogen and oxygen atoms in total. The van der Waals surface area contributed by atoms with Gasteiger partial charge in [0, 0.05) is 6.42 Å². The molecule has 0 spiro atoms. The number of hydrogen-bond donors (Lipinski definition) is 1. The van der Waals surface area contributed by atoms with Crippen molar-refractivity contribution < 1.29 is 9.53 Å². The second kappa shape index (κ2) is 8.75. The molecular weight excluding hydrogens is 250 g/mol. The lowest BCUT2D eigenvalue weighted by Crippen LogP contribution is -2.25. The van der Waals surface area contributed by atoms with E-state index in [1.807, 2.05) is 26.8 Å². The van der Waals surface area contributed by atoms with E-state index in [0.29, 0.717) is 6.42 Å². The molecule has 0 saturated carbocycles. The number of benzene rings is 1. The number of nitrogens with one attached hydrogen (secondary N) is 1. The quantitative estimate of drug-likeness (QED) is 0.585. The molecule has 0 bridgehead atoms. The number of hydrogen-bond acceptors (Lipinski definition) is 3. The Labute approximate surface area is 122 Å². The summed E-state index contributed by atoms with van der Waals surface area (Å²) >= 11 is 0. The molecule has 1 aromatic rings. The van der Waals surface area contributed by atoms with Crippen molar-refractivity contribution in [3.8, 4) is 0 Å².